The van der Waals surface area contributed by atoms with Crippen LogP contribution in [0.15, 0.2) is 16.6 Å². The Morgan fingerprint density at radius 2 is 2.20 bits per heavy atom. The molecule has 1 aromatic rings. The van der Waals surface area contributed by atoms with Gasteiger partial charge < -0.3 is 9.84 Å². The minimum Gasteiger partial charge on any atom is -0.493 e. The summed E-state index contributed by atoms with van der Waals surface area (Å²) >= 11 is 3.60. The number of hydrogen-bond donors (Lipinski definition) is 1. The SMILES string of the molecule is OCC1CCCCCN1Cc1cc(Br)cc2c1OCC2. The van der Waals surface area contributed by atoms with Gasteiger partial charge in [0.05, 0.1) is 13.2 Å². The van der Waals surface area contributed by atoms with Gasteiger partial charge in [0.25, 0.3) is 0 Å². The quantitative estimate of drug-likeness (QED) is 0.918. The molecule has 0 aromatic heterocycles. The van der Waals surface area contributed by atoms with Gasteiger partial charge in [-0.2, -0.15) is 0 Å². The molecule has 1 N–H and O–H groups in total. The van der Waals surface area contributed by atoms with Gasteiger partial charge in [0.2, 0.25) is 0 Å². The van der Waals surface area contributed by atoms with Crippen molar-refractivity contribution in [3.05, 3.63) is 27.7 Å². The van der Waals surface area contributed by atoms with Crippen LogP contribution in [0.4, 0.5) is 0 Å². The van der Waals surface area contributed by atoms with Gasteiger partial charge in [-0.25, -0.2) is 0 Å². The molecule has 0 radical (unpaired) electrons. The van der Waals surface area contributed by atoms with E-state index in [4.69, 9.17) is 4.74 Å². The Hall–Kier alpha value is -0.580. The highest BCUT2D eigenvalue weighted by Crippen LogP contribution is 2.34. The smallest absolute Gasteiger partial charge is 0.127 e. The van der Waals surface area contributed by atoms with Crippen molar-refractivity contribution in [1.82, 2.24) is 4.90 Å². The van der Waals surface area contributed by atoms with Crippen LogP contribution in [0.2, 0.25) is 0 Å². The van der Waals surface area contributed by atoms with Crippen LogP contribution in [0.25, 0.3) is 0 Å². The highest BCUT2D eigenvalue weighted by Gasteiger charge is 2.24. The second kappa shape index (κ2) is 6.46. The summed E-state index contributed by atoms with van der Waals surface area (Å²) in [4.78, 5) is 2.43. The minimum atomic E-state index is 0.261. The second-order valence-electron chi connectivity index (χ2n) is 5.81. The lowest BCUT2D eigenvalue weighted by Crippen LogP contribution is -2.37. The van der Waals surface area contributed by atoms with Gasteiger partial charge in [-0.1, -0.05) is 28.8 Å². The first-order valence-corrected chi connectivity index (χ1v) is 8.36. The first-order valence-electron chi connectivity index (χ1n) is 7.57. The van der Waals surface area contributed by atoms with Gasteiger partial charge >= 0.3 is 0 Å². The third-order valence-electron chi connectivity index (χ3n) is 4.41. The summed E-state index contributed by atoms with van der Waals surface area (Å²) in [6.45, 7) is 3.01. The Labute approximate surface area is 129 Å². The highest BCUT2D eigenvalue weighted by molar-refractivity contribution is 9.10. The average Bonchev–Trinajstić information content (AvgIpc) is 2.78. The van der Waals surface area contributed by atoms with E-state index in [0.717, 1.165) is 42.8 Å². The van der Waals surface area contributed by atoms with Gasteiger partial charge in [0.1, 0.15) is 5.75 Å². The van der Waals surface area contributed by atoms with Crippen LogP contribution in [0.5, 0.6) is 5.75 Å². The third-order valence-corrected chi connectivity index (χ3v) is 4.87. The molecule has 3 nitrogen and oxygen atoms in total. The van der Waals surface area contributed by atoms with Crippen LogP contribution in [-0.2, 0) is 13.0 Å². The van der Waals surface area contributed by atoms with E-state index in [0.29, 0.717) is 6.04 Å². The fraction of sp³-hybridized carbons (Fsp3) is 0.625. The number of rotatable bonds is 3. The Morgan fingerprint density at radius 1 is 1.30 bits per heavy atom. The molecule has 0 spiro atoms. The summed E-state index contributed by atoms with van der Waals surface area (Å²) in [5.41, 5.74) is 2.57. The standard InChI is InChI=1S/C16H22BrNO2/c17-14-8-12-5-7-20-16(12)13(9-14)10-18-6-3-1-2-4-15(18)11-19/h8-9,15,19H,1-7,10-11H2. The van der Waals surface area contributed by atoms with Crippen LogP contribution in [0.1, 0.15) is 36.8 Å². The van der Waals surface area contributed by atoms with Crippen LogP contribution < -0.4 is 4.74 Å². The van der Waals surface area contributed by atoms with Gasteiger partial charge in [-0.05, 0) is 37.1 Å². The molecule has 1 unspecified atom stereocenters. The Bertz CT molecular complexity index is 478. The second-order valence-corrected chi connectivity index (χ2v) is 6.72. The van der Waals surface area contributed by atoms with Crippen molar-refractivity contribution in [1.29, 1.82) is 0 Å². The molecular weight excluding hydrogens is 318 g/mol. The van der Waals surface area contributed by atoms with E-state index < -0.39 is 0 Å². The number of aliphatic hydroxyl groups excluding tert-OH is 1. The normalized spacial score (nSPS) is 23.2. The van der Waals surface area contributed by atoms with Crippen molar-refractivity contribution in [2.75, 3.05) is 19.8 Å². The first-order chi connectivity index (χ1) is 9.78. The summed E-state index contributed by atoms with van der Waals surface area (Å²) in [6.07, 6.45) is 5.85. The number of ether oxygens (including phenoxy) is 1. The Kier molecular flexibility index (Phi) is 4.64. The van der Waals surface area contributed by atoms with Crippen LogP contribution in [0.3, 0.4) is 0 Å². The molecule has 1 aromatic carbocycles. The first kappa shape index (κ1) is 14.4. The lowest BCUT2D eigenvalue weighted by atomic mass is 10.1. The van der Waals surface area contributed by atoms with E-state index in [1.165, 1.54) is 30.4 Å². The highest BCUT2D eigenvalue weighted by atomic mass is 79.9. The summed E-state index contributed by atoms with van der Waals surface area (Å²) < 4.78 is 6.95. The molecule has 0 amide bonds. The zero-order valence-electron chi connectivity index (χ0n) is 11.8. The summed E-state index contributed by atoms with van der Waals surface area (Å²) in [7, 11) is 0. The molecule has 1 atom stereocenters. The number of fused-ring (bicyclic) bond motifs is 1. The average molecular weight is 340 g/mol. The Morgan fingerprint density at radius 3 is 3.05 bits per heavy atom. The molecule has 0 bridgehead atoms. The molecule has 1 fully saturated rings. The van der Waals surface area contributed by atoms with Gasteiger partial charge in [-0.15, -0.1) is 0 Å². The van der Waals surface area contributed by atoms with Crippen LogP contribution >= 0.6 is 15.9 Å². The topological polar surface area (TPSA) is 32.7 Å². The minimum absolute atomic E-state index is 0.261. The number of benzene rings is 1. The largest absolute Gasteiger partial charge is 0.493 e. The van der Waals surface area contributed by atoms with Gasteiger partial charge in [0, 0.05) is 29.0 Å². The summed E-state index contributed by atoms with van der Waals surface area (Å²) in [5.74, 6) is 1.08. The van der Waals surface area contributed by atoms with E-state index in [-0.39, 0.29) is 6.61 Å². The maximum atomic E-state index is 9.63. The van der Waals surface area contributed by atoms with Crippen molar-refractivity contribution < 1.29 is 9.84 Å². The number of nitrogens with zero attached hydrogens (tertiary/aromatic N) is 1. The number of likely N-dealkylation sites (tertiary alicyclic amines) is 1. The van der Waals surface area contributed by atoms with Crippen LogP contribution in [-0.4, -0.2) is 35.8 Å². The van der Waals surface area contributed by atoms with Crippen molar-refractivity contribution in [2.24, 2.45) is 0 Å². The van der Waals surface area contributed by atoms with Gasteiger partial charge in [-0.3, -0.25) is 4.90 Å². The predicted octanol–water partition coefficient (Wildman–Crippen LogP) is 3.12. The molecule has 1 saturated heterocycles. The molecule has 2 aliphatic heterocycles. The van der Waals surface area contributed by atoms with Crippen molar-refractivity contribution in [3.8, 4) is 5.75 Å². The zero-order valence-corrected chi connectivity index (χ0v) is 13.4. The van der Waals surface area contributed by atoms with E-state index in [9.17, 15) is 5.11 Å². The molecule has 2 heterocycles. The molecule has 4 heteroatoms. The van der Waals surface area contributed by atoms with Gasteiger partial charge in [0.15, 0.2) is 0 Å². The van der Waals surface area contributed by atoms with Crippen molar-refractivity contribution in [2.45, 2.75) is 44.7 Å². The van der Waals surface area contributed by atoms with E-state index in [1.54, 1.807) is 0 Å². The van der Waals surface area contributed by atoms with E-state index >= 15 is 0 Å². The van der Waals surface area contributed by atoms with Crippen molar-refractivity contribution in [3.63, 3.8) is 0 Å². The lowest BCUT2D eigenvalue weighted by Gasteiger charge is -2.29. The van der Waals surface area contributed by atoms with E-state index in [1.807, 2.05) is 0 Å². The summed E-state index contributed by atoms with van der Waals surface area (Å²) in [5, 5.41) is 9.63. The monoisotopic (exact) mass is 339 g/mol. The predicted molar refractivity (Wildman–Crippen MR) is 83.1 cm³/mol. The lowest BCUT2D eigenvalue weighted by molar-refractivity contribution is 0.117. The molecule has 3 rings (SSSR count). The zero-order chi connectivity index (χ0) is 13.9. The van der Waals surface area contributed by atoms with Crippen molar-refractivity contribution >= 4 is 15.9 Å². The number of hydrogen-bond acceptors (Lipinski definition) is 3. The molecule has 20 heavy (non-hydrogen) atoms. The molecule has 0 saturated carbocycles. The fourth-order valence-corrected chi connectivity index (χ4v) is 3.89. The molecule has 2 aliphatic rings. The fourth-order valence-electron chi connectivity index (χ4n) is 3.33. The maximum absolute atomic E-state index is 9.63. The van der Waals surface area contributed by atoms with Crippen LogP contribution in [0, 0.1) is 0 Å². The Balaban J connectivity index is 1.82. The number of aliphatic hydroxyl groups is 1. The summed E-state index contributed by atoms with van der Waals surface area (Å²) in [6, 6.07) is 4.63. The third kappa shape index (κ3) is 3.02. The maximum Gasteiger partial charge on any atom is 0.127 e. The number of halogens is 1. The molecule has 110 valence electrons. The van der Waals surface area contributed by atoms with E-state index in [2.05, 4.69) is 33.0 Å². The molecular formula is C16H22BrNO2. The molecule has 0 aliphatic carbocycles.